The molecular formula is C11H15N3O2. The van der Waals surface area contributed by atoms with E-state index in [1.807, 2.05) is 11.8 Å². The van der Waals surface area contributed by atoms with Gasteiger partial charge in [-0.15, -0.1) is 0 Å². The van der Waals surface area contributed by atoms with E-state index in [4.69, 9.17) is 5.73 Å². The van der Waals surface area contributed by atoms with Gasteiger partial charge in [0.25, 0.3) is 0 Å². The van der Waals surface area contributed by atoms with E-state index in [1.165, 1.54) is 0 Å². The van der Waals surface area contributed by atoms with Crippen molar-refractivity contribution in [2.75, 3.05) is 23.3 Å². The highest BCUT2D eigenvalue weighted by Crippen LogP contribution is 2.33. The summed E-state index contributed by atoms with van der Waals surface area (Å²) in [5.41, 5.74) is 7.14. The van der Waals surface area contributed by atoms with Crippen LogP contribution in [-0.2, 0) is 4.79 Å². The van der Waals surface area contributed by atoms with Gasteiger partial charge in [0.1, 0.15) is 5.75 Å². The Kier molecular flexibility index (Phi) is 2.70. The maximum atomic E-state index is 11.5. The van der Waals surface area contributed by atoms with Crippen LogP contribution in [0, 0.1) is 0 Å². The van der Waals surface area contributed by atoms with E-state index >= 15 is 0 Å². The summed E-state index contributed by atoms with van der Waals surface area (Å²) >= 11 is 0. The predicted molar refractivity (Wildman–Crippen MR) is 62.6 cm³/mol. The van der Waals surface area contributed by atoms with Crippen molar-refractivity contribution in [2.45, 2.75) is 13.0 Å². The molecule has 0 aliphatic carbocycles. The van der Waals surface area contributed by atoms with Crippen LogP contribution in [0.1, 0.15) is 6.92 Å². The molecule has 0 saturated carbocycles. The quantitative estimate of drug-likeness (QED) is 0.635. The summed E-state index contributed by atoms with van der Waals surface area (Å²) in [6, 6.07) is 4.95. The molecule has 16 heavy (non-hydrogen) atoms. The summed E-state index contributed by atoms with van der Waals surface area (Å²) in [6.45, 7) is 2.68. The maximum absolute atomic E-state index is 11.5. The molecule has 0 aromatic heterocycles. The van der Waals surface area contributed by atoms with Crippen LogP contribution in [0.25, 0.3) is 0 Å². The first-order chi connectivity index (χ1) is 7.61. The van der Waals surface area contributed by atoms with Crippen LogP contribution in [0.2, 0.25) is 0 Å². The summed E-state index contributed by atoms with van der Waals surface area (Å²) in [5, 5.41) is 12.2. The van der Waals surface area contributed by atoms with Crippen molar-refractivity contribution < 1.29 is 9.90 Å². The van der Waals surface area contributed by atoms with Crippen molar-refractivity contribution in [3.63, 3.8) is 0 Å². The van der Waals surface area contributed by atoms with Crippen molar-refractivity contribution in [2.24, 2.45) is 5.73 Å². The predicted octanol–water partition coefficient (Wildman–Crippen LogP) is 0.498. The average molecular weight is 221 g/mol. The molecule has 4 N–H and O–H groups in total. The molecule has 0 bridgehead atoms. The second-order valence-electron chi connectivity index (χ2n) is 3.96. The number of nitrogens with zero attached hydrogens (tertiary/aromatic N) is 1. The summed E-state index contributed by atoms with van der Waals surface area (Å²) < 4.78 is 0. The van der Waals surface area contributed by atoms with Gasteiger partial charge in [0.15, 0.2) is 0 Å². The molecule has 1 atom stereocenters. The third-order valence-corrected chi connectivity index (χ3v) is 2.75. The van der Waals surface area contributed by atoms with Gasteiger partial charge >= 0.3 is 0 Å². The van der Waals surface area contributed by atoms with E-state index in [0.717, 1.165) is 5.69 Å². The Hall–Kier alpha value is -1.75. The number of fused-ring (bicyclic) bond motifs is 1. The molecule has 0 saturated heterocycles. The van der Waals surface area contributed by atoms with E-state index in [0.29, 0.717) is 12.2 Å². The lowest BCUT2D eigenvalue weighted by molar-refractivity contribution is -0.115. The Labute approximate surface area is 93.9 Å². The monoisotopic (exact) mass is 221 g/mol. The van der Waals surface area contributed by atoms with Gasteiger partial charge in [-0.25, -0.2) is 0 Å². The van der Waals surface area contributed by atoms with E-state index in [9.17, 15) is 9.90 Å². The number of benzene rings is 1. The average Bonchev–Trinajstić information content (AvgIpc) is 2.27. The van der Waals surface area contributed by atoms with Crippen molar-refractivity contribution >= 4 is 17.3 Å². The summed E-state index contributed by atoms with van der Waals surface area (Å²) in [4.78, 5) is 13.4. The lowest BCUT2D eigenvalue weighted by atomic mass is 10.1. The smallest absolute Gasteiger partial charge is 0.243 e. The van der Waals surface area contributed by atoms with Crippen molar-refractivity contribution in [1.29, 1.82) is 0 Å². The van der Waals surface area contributed by atoms with Crippen molar-refractivity contribution in [3.8, 4) is 5.75 Å². The van der Waals surface area contributed by atoms with Crippen LogP contribution in [0.15, 0.2) is 18.2 Å². The van der Waals surface area contributed by atoms with Crippen LogP contribution < -0.4 is 16.0 Å². The normalized spacial score (nSPS) is 16.6. The van der Waals surface area contributed by atoms with E-state index in [2.05, 4.69) is 5.32 Å². The molecule has 1 aliphatic heterocycles. The standard InChI is InChI=1S/C11H15N3O2/c1-7(5-12)14-6-11(16)13-9-3-2-8(15)4-10(9)14/h2-4,7,15H,5-6,12H2,1H3,(H,13,16). The third-order valence-electron chi connectivity index (χ3n) is 2.75. The second-order valence-corrected chi connectivity index (χ2v) is 3.96. The van der Waals surface area contributed by atoms with Crippen LogP contribution in [-0.4, -0.2) is 30.1 Å². The van der Waals surface area contributed by atoms with Crippen LogP contribution in [0.4, 0.5) is 11.4 Å². The number of anilines is 2. The minimum atomic E-state index is -0.0570. The number of phenols is 1. The molecule has 1 heterocycles. The van der Waals surface area contributed by atoms with Gasteiger partial charge in [0, 0.05) is 18.7 Å². The zero-order chi connectivity index (χ0) is 11.7. The molecule has 1 aromatic rings. The first kappa shape index (κ1) is 10.8. The summed E-state index contributed by atoms with van der Waals surface area (Å²) in [7, 11) is 0. The fraction of sp³-hybridized carbons (Fsp3) is 0.364. The molecule has 86 valence electrons. The molecule has 1 unspecified atom stereocenters. The number of rotatable bonds is 2. The highest BCUT2D eigenvalue weighted by molar-refractivity contribution is 6.01. The molecule has 1 aromatic carbocycles. The van der Waals surface area contributed by atoms with Gasteiger partial charge in [-0.3, -0.25) is 4.79 Å². The summed E-state index contributed by atoms with van der Waals surface area (Å²) in [6.07, 6.45) is 0. The van der Waals surface area contributed by atoms with Gasteiger partial charge in [0.2, 0.25) is 5.91 Å². The number of phenolic OH excluding ortho intramolecular Hbond substituents is 1. The zero-order valence-corrected chi connectivity index (χ0v) is 9.10. The molecule has 5 heteroatoms. The molecule has 0 spiro atoms. The minimum Gasteiger partial charge on any atom is -0.508 e. The maximum Gasteiger partial charge on any atom is 0.243 e. The first-order valence-corrected chi connectivity index (χ1v) is 5.21. The number of aromatic hydroxyl groups is 1. The van der Waals surface area contributed by atoms with Gasteiger partial charge < -0.3 is 21.1 Å². The molecule has 2 rings (SSSR count). The molecule has 0 radical (unpaired) electrons. The molecule has 1 aliphatic rings. The largest absolute Gasteiger partial charge is 0.508 e. The number of amides is 1. The third kappa shape index (κ3) is 1.81. The van der Waals surface area contributed by atoms with Gasteiger partial charge in [0.05, 0.1) is 17.9 Å². The number of carbonyl (C=O) groups excluding carboxylic acids is 1. The zero-order valence-electron chi connectivity index (χ0n) is 9.10. The topological polar surface area (TPSA) is 78.6 Å². The van der Waals surface area contributed by atoms with E-state index in [1.54, 1.807) is 18.2 Å². The van der Waals surface area contributed by atoms with E-state index < -0.39 is 0 Å². The number of nitrogens with one attached hydrogen (secondary N) is 1. The lowest BCUT2D eigenvalue weighted by Gasteiger charge is -2.35. The van der Waals surface area contributed by atoms with Crippen molar-refractivity contribution in [3.05, 3.63) is 18.2 Å². The lowest BCUT2D eigenvalue weighted by Crippen LogP contribution is -2.46. The number of carbonyl (C=O) groups is 1. The van der Waals surface area contributed by atoms with Crippen molar-refractivity contribution in [1.82, 2.24) is 0 Å². The number of nitrogens with two attached hydrogens (primary N) is 1. The summed E-state index contributed by atoms with van der Waals surface area (Å²) in [5.74, 6) is 0.127. The van der Waals surface area contributed by atoms with Crippen LogP contribution >= 0.6 is 0 Å². The van der Waals surface area contributed by atoms with Gasteiger partial charge in [-0.05, 0) is 19.1 Å². The molecule has 5 nitrogen and oxygen atoms in total. The molecule has 0 fully saturated rings. The van der Waals surface area contributed by atoms with Gasteiger partial charge in [-0.2, -0.15) is 0 Å². The Balaban J connectivity index is 2.43. The Bertz CT molecular complexity index is 420. The van der Waals surface area contributed by atoms with E-state index in [-0.39, 0.29) is 24.2 Å². The molecule has 1 amide bonds. The Morgan fingerprint density at radius 1 is 1.62 bits per heavy atom. The Morgan fingerprint density at radius 3 is 3.06 bits per heavy atom. The highest BCUT2D eigenvalue weighted by atomic mass is 16.3. The van der Waals surface area contributed by atoms with Crippen LogP contribution in [0.5, 0.6) is 5.75 Å². The first-order valence-electron chi connectivity index (χ1n) is 5.21. The Morgan fingerprint density at radius 2 is 2.38 bits per heavy atom. The highest BCUT2D eigenvalue weighted by Gasteiger charge is 2.25. The number of hydrogen-bond donors (Lipinski definition) is 3. The fourth-order valence-electron chi connectivity index (χ4n) is 1.81. The van der Waals surface area contributed by atoms with Gasteiger partial charge in [-0.1, -0.05) is 0 Å². The number of hydrogen-bond acceptors (Lipinski definition) is 4. The molecular weight excluding hydrogens is 206 g/mol. The second kappa shape index (κ2) is 4.02. The SMILES string of the molecule is CC(CN)N1CC(=O)Nc2ccc(O)cc21. The minimum absolute atomic E-state index is 0.0570. The fourth-order valence-corrected chi connectivity index (χ4v) is 1.81. The van der Waals surface area contributed by atoms with Crippen LogP contribution in [0.3, 0.4) is 0 Å².